The molecule has 336 valence electrons. The lowest BCUT2D eigenvalue weighted by atomic mass is 9.95. The predicted octanol–water partition coefficient (Wildman–Crippen LogP) is 5.13. The van der Waals surface area contributed by atoms with Crippen molar-refractivity contribution in [1.82, 2.24) is 25.0 Å². The third-order valence-corrected chi connectivity index (χ3v) is 12.7. The molecule has 0 spiro atoms. The molecule has 0 aliphatic carbocycles. The highest BCUT2D eigenvalue weighted by molar-refractivity contribution is 6.19. The van der Waals surface area contributed by atoms with Gasteiger partial charge in [0.1, 0.15) is 18.0 Å². The Kier molecular flexibility index (Phi) is 13.5. The number of fused-ring (bicyclic) bond motifs is 4. The van der Waals surface area contributed by atoms with Gasteiger partial charge in [0, 0.05) is 97.4 Å². The Morgan fingerprint density at radius 1 is 0.862 bits per heavy atom. The number of nitrogens with one attached hydrogen (secondary N) is 2. The Morgan fingerprint density at radius 3 is 2.28 bits per heavy atom. The summed E-state index contributed by atoms with van der Waals surface area (Å²) in [5.41, 5.74) is 10.1. The van der Waals surface area contributed by atoms with Crippen molar-refractivity contribution < 1.29 is 38.3 Å². The quantitative estimate of drug-likeness (QED) is 0.0518. The van der Waals surface area contributed by atoms with Crippen molar-refractivity contribution in [3.05, 3.63) is 119 Å². The molecule has 4 aromatic carbocycles. The summed E-state index contributed by atoms with van der Waals surface area (Å²) in [6.07, 6.45) is 3.43. The van der Waals surface area contributed by atoms with E-state index in [4.69, 9.17) is 22.1 Å². The maximum Gasteiger partial charge on any atom is 0.415 e. The van der Waals surface area contributed by atoms with Crippen LogP contribution in [0.4, 0.5) is 10.5 Å². The molecule has 1 aromatic heterocycles. The van der Waals surface area contributed by atoms with E-state index in [1.165, 1.54) is 0 Å². The number of alkyl halides is 1. The Bertz CT molecular complexity index is 2710. The molecule has 1 fully saturated rings. The Morgan fingerprint density at radius 2 is 1.57 bits per heavy atom. The highest BCUT2D eigenvalue weighted by atomic mass is 35.5. The number of anilines is 1. The molecule has 8 rings (SSSR count). The van der Waals surface area contributed by atoms with Crippen LogP contribution in [-0.2, 0) is 32.0 Å². The zero-order valence-electron chi connectivity index (χ0n) is 36.0. The number of unbranched alkanes of at least 4 members (excludes halogenated alkanes) is 1. The van der Waals surface area contributed by atoms with Crippen LogP contribution in [-0.4, -0.2) is 126 Å². The molecular weight excluding hydrogens is 850 g/mol. The van der Waals surface area contributed by atoms with E-state index in [0.717, 1.165) is 62.9 Å². The number of rotatable bonds is 16. The molecule has 15 nitrogen and oxygen atoms in total. The predicted molar refractivity (Wildman–Crippen MR) is 246 cm³/mol. The van der Waals surface area contributed by atoms with Crippen molar-refractivity contribution in [2.75, 3.05) is 63.6 Å². The van der Waals surface area contributed by atoms with E-state index in [-0.39, 0.29) is 42.1 Å². The molecule has 0 unspecified atom stereocenters. The van der Waals surface area contributed by atoms with Gasteiger partial charge in [0.15, 0.2) is 11.6 Å². The summed E-state index contributed by atoms with van der Waals surface area (Å²) in [5.74, 6) is -1.94. The Labute approximate surface area is 380 Å². The number of ketones is 2. The second kappa shape index (κ2) is 19.6. The smallest absolute Gasteiger partial charge is 0.409 e. The fraction of sp³-hybridized carbons (Fsp3) is 0.327. The van der Waals surface area contributed by atoms with Crippen LogP contribution in [0.15, 0.2) is 91.0 Å². The van der Waals surface area contributed by atoms with Crippen molar-refractivity contribution in [1.29, 1.82) is 0 Å². The first kappa shape index (κ1) is 44.9. The summed E-state index contributed by atoms with van der Waals surface area (Å²) in [6, 6.07) is 22.7. The molecule has 1 saturated heterocycles. The summed E-state index contributed by atoms with van der Waals surface area (Å²) in [7, 11) is 2.02. The van der Waals surface area contributed by atoms with Gasteiger partial charge < -0.3 is 35.5 Å². The minimum atomic E-state index is -0.846. The van der Waals surface area contributed by atoms with Crippen molar-refractivity contribution in [3.8, 4) is 5.75 Å². The Hall–Kier alpha value is -6.68. The van der Waals surface area contributed by atoms with Crippen LogP contribution in [0.1, 0.15) is 62.7 Å². The van der Waals surface area contributed by atoms with Gasteiger partial charge >= 0.3 is 6.09 Å². The first-order chi connectivity index (χ1) is 31.4. The van der Waals surface area contributed by atoms with Crippen molar-refractivity contribution in [2.45, 2.75) is 44.1 Å². The summed E-state index contributed by atoms with van der Waals surface area (Å²) in [5, 5.41) is 5.08. The average Bonchev–Trinajstić information content (AvgIpc) is 4.00. The zero-order valence-corrected chi connectivity index (χ0v) is 36.8. The number of benzene rings is 4. The van der Waals surface area contributed by atoms with E-state index in [9.17, 15) is 33.6 Å². The number of aromatic amines is 1. The molecule has 2 atom stereocenters. The molecule has 3 aliphatic rings. The minimum absolute atomic E-state index is 0.00590. The maximum atomic E-state index is 14.4. The molecule has 5 amide bonds. The minimum Gasteiger partial charge on any atom is -0.409 e. The topological polar surface area (TPSA) is 196 Å². The average molecular weight is 900 g/mol. The molecule has 4 N–H and O–H groups in total. The molecule has 0 bridgehead atoms. The number of ether oxygens (including phenoxy) is 1. The van der Waals surface area contributed by atoms with Gasteiger partial charge in [-0.3, -0.25) is 33.7 Å². The van der Waals surface area contributed by atoms with Gasteiger partial charge in [0.05, 0.1) is 11.7 Å². The summed E-state index contributed by atoms with van der Waals surface area (Å²) in [4.78, 5) is 101. The largest absolute Gasteiger partial charge is 0.415 e. The second-order valence-corrected chi connectivity index (χ2v) is 17.1. The molecule has 65 heavy (non-hydrogen) atoms. The molecule has 0 saturated carbocycles. The van der Waals surface area contributed by atoms with E-state index in [2.05, 4.69) is 15.2 Å². The molecule has 4 heterocycles. The number of hydrogen-bond donors (Lipinski definition) is 3. The number of piperazine rings is 1. The monoisotopic (exact) mass is 899 g/mol. The van der Waals surface area contributed by atoms with Crippen LogP contribution in [0.25, 0.3) is 21.7 Å². The van der Waals surface area contributed by atoms with E-state index in [1.54, 1.807) is 46.2 Å². The normalized spacial score (nSPS) is 16.7. The molecule has 16 heteroatoms. The zero-order chi connectivity index (χ0) is 45.8. The number of Topliss-reactive ketones (excluding diaryl/α,β-unsaturated/α-hetero) is 2. The molecular formula is C49H50ClN7O8. The molecule has 3 aliphatic heterocycles. The van der Waals surface area contributed by atoms with Gasteiger partial charge in [0.25, 0.3) is 17.7 Å². The number of carbonyl (C=O) groups excluding carboxylic acids is 7. The number of nitrogens with zero attached hydrogens (tertiary/aromatic N) is 4. The lowest BCUT2D eigenvalue weighted by molar-refractivity contribution is -0.141. The SMILES string of the molecule is CN1CCN(C(=O)Oc2cc3c(c4ccccc24)[C@H](CCl)CN3C(=O)c2cc3cc(CC(=O)c4ccc(CC(=O)[C@H](CCCCN)NC(=O)CN5C(=O)C=CC5=O)cc4)ccc3[nH]2)CC1. The third kappa shape index (κ3) is 9.87. The number of likely N-dealkylation sites (N-methyl/N-ethyl adjacent to an activating group) is 1. The lowest BCUT2D eigenvalue weighted by Crippen LogP contribution is -2.48. The number of halogens is 1. The number of imide groups is 1. The van der Waals surface area contributed by atoms with E-state index in [0.29, 0.717) is 73.7 Å². The van der Waals surface area contributed by atoms with Crippen LogP contribution in [0.5, 0.6) is 5.75 Å². The maximum absolute atomic E-state index is 14.4. The Balaban J connectivity index is 0.933. The van der Waals surface area contributed by atoms with Crippen LogP contribution in [0.3, 0.4) is 0 Å². The van der Waals surface area contributed by atoms with Crippen molar-refractivity contribution >= 4 is 80.3 Å². The van der Waals surface area contributed by atoms with Crippen LogP contribution < -0.4 is 20.7 Å². The fourth-order valence-electron chi connectivity index (χ4n) is 8.71. The van der Waals surface area contributed by atoms with Crippen molar-refractivity contribution in [2.24, 2.45) is 5.73 Å². The number of amides is 5. The summed E-state index contributed by atoms with van der Waals surface area (Å²) >= 11 is 6.54. The third-order valence-electron chi connectivity index (χ3n) is 12.3. The summed E-state index contributed by atoms with van der Waals surface area (Å²) in [6.45, 7) is 2.90. The van der Waals surface area contributed by atoms with Crippen LogP contribution in [0, 0.1) is 0 Å². The van der Waals surface area contributed by atoms with Crippen molar-refractivity contribution in [3.63, 3.8) is 0 Å². The molecule has 0 radical (unpaired) electrons. The molecule has 5 aromatic rings. The van der Waals surface area contributed by atoms with Gasteiger partial charge in [-0.2, -0.15) is 0 Å². The van der Waals surface area contributed by atoms with Gasteiger partial charge in [-0.15, -0.1) is 11.6 Å². The number of hydrogen-bond acceptors (Lipinski definition) is 10. The number of H-pyrrole nitrogens is 1. The summed E-state index contributed by atoms with van der Waals surface area (Å²) < 4.78 is 6.05. The first-order valence-corrected chi connectivity index (χ1v) is 22.3. The standard InChI is InChI=1S/C49H50ClN7O8/c1-54-18-20-55(21-19-54)49(64)65-43-26-40-47(36-7-3-2-6-35(36)43)34(27-50)28-56(40)48(63)39-25-33-22-31(11-14-37(33)52-39)24-41(58)32-12-9-30(10-13-32)23-42(59)38(8-4-5-17-51)53-44(60)29-57-45(61)15-16-46(57)62/h2-3,6-7,9-16,22,25-26,34,38,52H,4-5,8,17-21,23-24,27-29,51H2,1H3,(H,53,60)/t34-,38+/m1/s1. The lowest BCUT2D eigenvalue weighted by Gasteiger charge is -2.31. The second-order valence-electron chi connectivity index (χ2n) is 16.8. The van der Waals surface area contributed by atoms with Gasteiger partial charge in [-0.1, -0.05) is 54.6 Å². The van der Waals surface area contributed by atoms with Gasteiger partial charge in [0.2, 0.25) is 5.91 Å². The van der Waals surface area contributed by atoms with Crippen LogP contribution >= 0.6 is 11.6 Å². The van der Waals surface area contributed by atoms with E-state index >= 15 is 0 Å². The van der Waals surface area contributed by atoms with Gasteiger partial charge in [-0.05, 0) is 73.1 Å². The van der Waals surface area contributed by atoms with Gasteiger partial charge in [-0.25, -0.2) is 4.79 Å². The van der Waals surface area contributed by atoms with E-state index in [1.807, 2.05) is 49.5 Å². The fourth-order valence-corrected chi connectivity index (χ4v) is 8.97. The van der Waals surface area contributed by atoms with E-state index < -0.39 is 36.4 Å². The number of carbonyl (C=O) groups is 7. The highest BCUT2D eigenvalue weighted by Crippen LogP contribution is 2.46. The number of nitrogens with two attached hydrogens (primary N) is 1. The highest BCUT2D eigenvalue weighted by Gasteiger charge is 2.36. The number of aromatic nitrogens is 1. The first-order valence-electron chi connectivity index (χ1n) is 21.8. The van der Waals surface area contributed by atoms with Crippen LogP contribution in [0.2, 0.25) is 0 Å².